The van der Waals surface area contributed by atoms with Crippen molar-refractivity contribution >= 4 is 50.7 Å². The molecule has 3 rings (SSSR count). The molecule has 11 heteroatoms. The van der Waals surface area contributed by atoms with Crippen LogP contribution in [-0.4, -0.2) is 44.3 Å². The normalized spacial score (nSPS) is 12.0. The highest BCUT2D eigenvalue weighted by molar-refractivity contribution is 7.92. The van der Waals surface area contributed by atoms with Crippen molar-refractivity contribution in [2.45, 2.75) is 31.3 Å². The summed E-state index contributed by atoms with van der Waals surface area (Å²) < 4.78 is 41.6. The molecule has 0 aliphatic carbocycles. The summed E-state index contributed by atoms with van der Waals surface area (Å²) in [6.07, 6.45) is 0. The Morgan fingerprint density at radius 3 is 2.22 bits per heavy atom. The Kier molecular flexibility index (Phi) is 9.53. The molecule has 2 amide bonds. The molecule has 7 nitrogen and oxygen atoms in total. The van der Waals surface area contributed by atoms with E-state index >= 15 is 0 Å². The van der Waals surface area contributed by atoms with Crippen LogP contribution in [0.3, 0.4) is 0 Å². The Labute approximate surface area is 225 Å². The second-order valence-corrected chi connectivity index (χ2v) is 10.8. The molecule has 196 valence electrons. The van der Waals surface area contributed by atoms with Gasteiger partial charge in [0.1, 0.15) is 18.4 Å². The maximum atomic E-state index is 13.7. The van der Waals surface area contributed by atoms with Crippen molar-refractivity contribution in [1.29, 1.82) is 0 Å². The van der Waals surface area contributed by atoms with E-state index < -0.39 is 40.2 Å². The summed E-state index contributed by atoms with van der Waals surface area (Å²) in [7, 11) is -4.26. The highest BCUT2D eigenvalue weighted by Gasteiger charge is 2.32. The first kappa shape index (κ1) is 28.4. The molecule has 0 heterocycles. The molecule has 0 spiro atoms. The van der Waals surface area contributed by atoms with Gasteiger partial charge in [0.2, 0.25) is 11.8 Å². The Balaban J connectivity index is 2.01. The van der Waals surface area contributed by atoms with Crippen molar-refractivity contribution in [3.8, 4) is 0 Å². The Hall–Kier alpha value is -3.14. The predicted molar refractivity (Wildman–Crippen MR) is 143 cm³/mol. The smallest absolute Gasteiger partial charge is 0.264 e. The molecule has 0 saturated carbocycles. The number of likely N-dealkylation sites (N-methyl/N-ethyl adjacent to an activating group) is 1. The molecular weight excluding hydrogens is 540 g/mol. The molecule has 0 radical (unpaired) electrons. The number of benzene rings is 3. The lowest BCUT2D eigenvalue weighted by Crippen LogP contribution is -2.51. The third-order valence-electron chi connectivity index (χ3n) is 5.58. The summed E-state index contributed by atoms with van der Waals surface area (Å²) in [6.45, 7) is 3.04. The van der Waals surface area contributed by atoms with E-state index in [1.165, 1.54) is 4.90 Å². The SMILES string of the molecule is CCNC(=O)[C@@H](C)N(Cc1ccc(Cl)c(Cl)c1)C(=O)CN(c1ccccc1)S(=O)(=O)c1ccc(F)cc1. The summed E-state index contributed by atoms with van der Waals surface area (Å²) >= 11 is 12.2. The van der Waals surface area contributed by atoms with Crippen LogP contribution in [-0.2, 0) is 26.2 Å². The van der Waals surface area contributed by atoms with Gasteiger partial charge in [-0.2, -0.15) is 0 Å². The molecule has 1 N–H and O–H groups in total. The number of nitrogens with zero attached hydrogens (tertiary/aromatic N) is 2. The van der Waals surface area contributed by atoms with Gasteiger partial charge >= 0.3 is 0 Å². The molecule has 0 aromatic heterocycles. The van der Waals surface area contributed by atoms with Crippen molar-refractivity contribution < 1.29 is 22.4 Å². The Bertz CT molecular complexity index is 1360. The molecule has 3 aromatic rings. The van der Waals surface area contributed by atoms with Crippen molar-refractivity contribution in [1.82, 2.24) is 10.2 Å². The van der Waals surface area contributed by atoms with Gasteiger partial charge in [0.15, 0.2) is 0 Å². The van der Waals surface area contributed by atoms with Gasteiger partial charge < -0.3 is 10.2 Å². The van der Waals surface area contributed by atoms with E-state index in [0.29, 0.717) is 17.1 Å². The number of para-hydroxylation sites is 1. The van der Waals surface area contributed by atoms with Crippen molar-refractivity contribution in [2.24, 2.45) is 0 Å². The molecule has 3 aromatic carbocycles. The molecule has 0 aliphatic rings. The van der Waals surface area contributed by atoms with Crippen LogP contribution < -0.4 is 9.62 Å². The highest BCUT2D eigenvalue weighted by atomic mass is 35.5. The van der Waals surface area contributed by atoms with Crippen molar-refractivity contribution in [2.75, 3.05) is 17.4 Å². The second kappa shape index (κ2) is 12.4. The lowest BCUT2D eigenvalue weighted by molar-refractivity contribution is -0.139. The van der Waals surface area contributed by atoms with E-state index in [1.54, 1.807) is 62.4 Å². The molecule has 0 saturated heterocycles. The van der Waals surface area contributed by atoms with E-state index in [0.717, 1.165) is 28.6 Å². The topological polar surface area (TPSA) is 86.8 Å². The van der Waals surface area contributed by atoms with Crippen LogP contribution in [0.5, 0.6) is 0 Å². The highest BCUT2D eigenvalue weighted by Crippen LogP contribution is 2.26. The lowest BCUT2D eigenvalue weighted by Gasteiger charge is -2.32. The summed E-state index contributed by atoms with van der Waals surface area (Å²) in [4.78, 5) is 27.5. The maximum Gasteiger partial charge on any atom is 0.264 e. The number of halogens is 3. The third kappa shape index (κ3) is 7.00. The number of rotatable bonds is 10. The minimum atomic E-state index is -4.26. The van der Waals surface area contributed by atoms with Crippen LogP contribution >= 0.6 is 23.2 Å². The number of sulfonamides is 1. The fourth-order valence-electron chi connectivity index (χ4n) is 3.60. The minimum absolute atomic E-state index is 0.0206. The van der Waals surface area contributed by atoms with Crippen LogP contribution in [0.1, 0.15) is 19.4 Å². The first-order valence-electron chi connectivity index (χ1n) is 11.4. The monoisotopic (exact) mass is 565 g/mol. The molecule has 0 bridgehead atoms. The fourth-order valence-corrected chi connectivity index (χ4v) is 5.33. The van der Waals surface area contributed by atoms with E-state index in [4.69, 9.17) is 23.2 Å². The minimum Gasteiger partial charge on any atom is -0.355 e. The van der Waals surface area contributed by atoms with Crippen LogP contribution in [0.15, 0.2) is 77.7 Å². The fraction of sp³-hybridized carbons (Fsp3) is 0.231. The number of nitrogens with one attached hydrogen (secondary N) is 1. The number of carbonyl (C=O) groups is 2. The predicted octanol–water partition coefficient (Wildman–Crippen LogP) is 4.88. The van der Waals surface area contributed by atoms with E-state index in [9.17, 15) is 22.4 Å². The van der Waals surface area contributed by atoms with Gasteiger partial charge in [0.05, 0.1) is 20.6 Å². The van der Waals surface area contributed by atoms with Gasteiger partial charge in [-0.3, -0.25) is 13.9 Å². The Morgan fingerprint density at radius 2 is 1.62 bits per heavy atom. The molecule has 37 heavy (non-hydrogen) atoms. The Morgan fingerprint density at radius 1 is 0.973 bits per heavy atom. The van der Waals surface area contributed by atoms with Gasteiger partial charge in [-0.05, 0) is 67.9 Å². The number of hydrogen-bond donors (Lipinski definition) is 1. The summed E-state index contributed by atoms with van der Waals surface area (Å²) in [5, 5.41) is 3.30. The molecule has 1 atom stereocenters. The number of amides is 2. The van der Waals surface area contributed by atoms with Crippen LogP contribution in [0, 0.1) is 5.82 Å². The van der Waals surface area contributed by atoms with Crippen LogP contribution in [0.4, 0.5) is 10.1 Å². The van der Waals surface area contributed by atoms with Crippen molar-refractivity contribution in [3.05, 3.63) is 94.2 Å². The van der Waals surface area contributed by atoms with Crippen LogP contribution in [0.25, 0.3) is 0 Å². The first-order chi connectivity index (χ1) is 17.5. The first-order valence-corrected chi connectivity index (χ1v) is 13.6. The second-order valence-electron chi connectivity index (χ2n) is 8.14. The summed E-state index contributed by atoms with van der Waals surface area (Å²) in [6, 6.07) is 16.3. The van der Waals surface area contributed by atoms with Gasteiger partial charge in [0.25, 0.3) is 10.0 Å². The molecule has 0 aliphatic heterocycles. The largest absolute Gasteiger partial charge is 0.355 e. The lowest BCUT2D eigenvalue weighted by atomic mass is 10.1. The summed E-state index contributed by atoms with van der Waals surface area (Å²) in [5.41, 5.74) is 0.840. The average molecular weight is 566 g/mol. The number of hydrogen-bond acceptors (Lipinski definition) is 4. The van der Waals surface area contributed by atoms with E-state index in [2.05, 4.69) is 5.32 Å². The number of anilines is 1. The maximum absolute atomic E-state index is 13.7. The molecular formula is C26H26Cl2FN3O4S. The zero-order valence-electron chi connectivity index (χ0n) is 20.2. The van der Waals surface area contributed by atoms with Crippen molar-refractivity contribution in [3.63, 3.8) is 0 Å². The van der Waals surface area contributed by atoms with Gasteiger partial charge in [-0.1, -0.05) is 47.5 Å². The average Bonchev–Trinajstić information content (AvgIpc) is 2.88. The van der Waals surface area contributed by atoms with E-state index in [-0.39, 0.29) is 22.2 Å². The molecule has 0 unspecified atom stereocenters. The van der Waals surface area contributed by atoms with E-state index in [1.807, 2.05) is 0 Å². The standard InChI is InChI=1S/C26H26Cl2FN3O4S/c1-3-30-26(34)18(2)31(16-19-9-14-23(27)24(28)15-19)25(33)17-32(21-7-5-4-6-8-21)37(35,36)22-12-10-20(29)11-13-22/h4-15,18H,3,16-17H2,1-2H3,(H,30,34)/t18-/m1/s1. The zero-order valence-corrected chi connectivity index (χ0v) is 22.5. The number of carbonyl (C=O) groups excluding carboxylic acids is 2. The quantitative estimate of drug-likeness (QED) is 0.379. The van der Waals surface area contributed by atoms with Crippen LogP contribution in [0.2, 0.25) is 10.0 Å². The van der Waals surface area contributed by atoms with Gasteiger partial charge in [-0.15, -0.1) is 0 Å². The zero-order chi connectivity index (χ0) is 27.2. The van der Waals surface area contributed by atoms with Gasteiger partial charge in [-0.25, -0.2) is 12.8 Å². The summed E-state index contributed by atoms with van der Waals surface area (Å²) in [5.74, 6) is -1.62. The van der Waals surface area contributed by atoms with Gasteiger partial charge in [0, 0.05) is 13.1 Å². The molecule has 0 fully saturated rings. The third-order valence-corrected chi connectivity index (χ3v) is 8.11.